The highest BCUT2D eigenvalue weighted by Gasteiger charge is 2.09. The van der Waals surface area contributed by atoms with Gasteiger partial charge in [-0.25, -0.2) is 0 Å². The summed E-state index contributed by atoms with van der Waals surface area (Å²) in [6.45, 7) is 1.60. The molecule has 2 nitrogen and oxygen atoms in total. The van der Waals surface area contributed by atoms with Gasteiger partial charge in [0.1, 0.15) is 12.4 Å². The summed E-state index contributed by atoms with van der Waals surface area (Å²) < 4.78 is 5.72. The minimum Gasteiger partial charge on any atom is -0.489 e. The number of ether oxygens (including phenoxy) is 1. The molecule has 0 fully saturated rings. The second-order valence-corrected chi connectivity index (χ2v) is 4.85. The minimum absolute atomic E-state index is 0.565. The van der Waals surface area contributed by atoms with Gasteiger partial charge in [-0.05, 0) is 41.8 Å². The number of hydrogen-bond donors (Lipinski definition) is 1. The Labute approximate surface area is 112 Å². The van der Waals surface area contributed by atoms with Crippen molar-refractivity contribution in [3.63, 3.8) is 0 Å². The molecule has 2 aromatic rings. The maximum Gasteiger partial charge on any atom is 0.121 e. The third-order valence-electron chi connectivity index (χ3n) is 3.09. The zero-order valence-electron chi connectivity index (χ0n) is 9.95. The van der Waals surface area contributed by atoms with Gasteiger partial charge in [0, 0.05) is 17.3 Å². The Morgan fingerprint density at radius 2 is 2.11 bits per heavy atom. The van der Waals surface area contributed by atoms with Gasteiger partial charge < -0.3 is 10.1 Å². The summed E-state index contributed by atoms with van der Waals surface area (Å²) in [4.78, 5) is 0. The van der Waals surface area contributed by atoms with E-state index in [4.69, 9.17) is 16.3 Å². The van der Waals surface area contributed by atoms with Crippen molar-refractivity contribution in [1.82, 2.24) is 0 Å². The van der Waals surface area contributed by atoms with E-state index >= 15 is 0 Å². The van der Waals surface area contributed by atoms with E-state index in [0.717, 1.165) is 18.7 Å². The quantitative estimate of drug-likeness (QED) is 0.903. The summed E-state index contributed by atoms with van der Waals surface area (Å²) in [5, 5.41) is 4.07. The van der Waals surface area contributed by atoms with Gasteiger partial charge in [0.15, 0.2) is 0 Å². The number of nitrogens with one attached hydrogen (secondary N) is 1. The lowest BCUT2D eigenvalue weighted by molar-refractivity contribution is 0.306. The molecule has 92 valence electrons. The van der Waals surface area contributed by atoms with Gasteiger partial charge >= 0.3 is 0 Å². The average Bonchev–Trinajstić information content (AvgIpc) is 2.84. The standard InChI is InChI=1S/C15H14ClNO/c16-13-2-1-3-14(9-13)18-10-11-4-5-12-6-7-17-15(12)8-11/h1-5,8-9,17H,6-7,10H2. The van der Waals surface area contributed by atoms with Gasteiger partial charge in [0.25, 0.3) is 0 Å². The van der Waals surface area contributed by atoms with Crippen LogP contribution in [-0.2, 0) is 13.0 Å². The van der Waals surface area contributed by atoms with Crippen LogP contribution in [0.5, 0.6) is 5.75 Å². The molecule has 1 aliphatic rings. The number of anilines is 1. The Hall–Kier alpha value is -1.67. The van der Waals surface area contributed by atoms with E-state index < -0.39 is 0 Å². The molecule has 0 amide bonds. The van der Waals surface area contributed by atoms with Crippen LogP contribution >= 0.6 is 11.6 Å². The Kier molecular flexibility index (Phi) is 3.11. The van der Waals surface area contributed by atoms with E-state index in [0.29, 0.717) is 11.6 Å². The lowest BCUT2D eigenvalue weighted by Crippen LogP contribution is -1.96. The van der Waals surface area contributed by atoms with Crippen molar-refractivity contribution < 1.29 is 4.74 Å². The van der Waals surface area contributed by atoms with Crippen molar-refractivity contribution in [3.05, 3.63) is 58.6 Å². The second kappa shape index (κ2) is 4.91. The fourth-order valence-corrected chi connectivity index (χ4v) is 2.33. The van der Waals surface area contributed by atoms with Crippen molar-refractivity contribution in [3.8, 4) is 5.75 Å². The summed E-state index contributed by atoms with van der Waals surface area (Å²) in [6.07, 6.45) is 1.12. The van der Waals surface area contributed by atoms with Crippen LogP contribution in [0.25, 0.3) is 0 Å². The van der Waals surface area contributed by atoms with Crippen LogP contribution in [0.3, 0.4) is 0 Å². The molecule has 18 heavy (non-hydrogen) atoms. The molecular weight excluding hydrogens is 246 g/mol. The van der Waals surface area contributed by atoms with Gasteiger partial charge in [0.2, 0.25) is 0 Å². The largest absolute Gasteiger partial charge is 0.489 e. The Morgan fingerprint density at radius 3 is 3.00 bits per heavy atom. The van der Waals surface area contributed by atoms with Crippen LogP contribution < -0.4 is 10.1 Å². The van der Waals surface area contributed by atoms with Gasteiger partial charge in [-0.15, -0.1) is 0 Å². The monoisotopic (exact) mass is 259 g/mol. The molecular formula is C15H14ClNO. The third kappa shape index (κ3) is 2.44. The first-order valence-electron chi connectivity index (χ1n) is 6.05. The smallest absolute Gasteiger partial charge is 0.121 e. The van der Waals surface area contributed by atoms with Crippen molar-refractivity contribution >= 4 is 17.3 Å². The molecule has 0 unspecified atom stereocenters. The summed E-state index contributed by atoms with van der Waals surface area (Å²) in [7, 11) is 0. The lowest BCUT2D eigenvalue weighted by Gasteiger charge is -2.08. The first kappa shape index (κ1) is 11.4. The summed E-state index contributed by atoms with van der Waals surface area (Å²) in [6, 6.07) is 13.9. The number of halogens is 1. The zero-order chi connectivity index (χ0) is 12.4. The first-order valence-corrected chi connectivity index (χ1v) is 6.43. The van der Waals surface area contributed by atoms with E-state index in [1.807, 2.05) is 24.3 Å². The molecule has 0 bridgehead atoms. The highest BCUT2D eigenvalue weighted by Crippen LogP contribution is 2.24. The lowest BCUT2D eigenvalue weighted by atomic mass is 10.1. The molecule has 0 saturated carbocycles. The zero-order valence-corrected chi connectivity index (χ0v) is 10.7. The predicted octanol–water partition coefficient (Wildman–Crippen LogP) is 3.89. The molecule has 0 aliphatic carbocycles. The van der Waals surface area contributed by atoms with E-state index in [1.54, 1.807) is 0 Å². The Bertz CT molecular complexity index is 568. The van der Waals surface area contributed by atoms with Crippen LogP contribution in [0.2, 0.25) is 5.02 Å². The van der Waals surface area contributed by atoms with E-state index in [1.165, 1.54) is 16.8 Å². The van der Waals surface area contributed by atoms with Crippen LogP contribution in [0.1, 0.15) is 11.1 Å². The highest BCUT2D eigenvalue weighted by molar-refractivity contribution is 6.30. The van der Waals surface area contributed by atoms with Crippen LogP contribution in [0.4, 0.5) is 5.69 Å². The summed E-state index contributed by atoms with van der Waals surface area (Å²) in [5.74, 6) is 0.802. The highest BCUT2D eigenvalue weighted by atomic mass is 35.5. The number of fused-ring (bicyclic) bond motifs is 1. The van der Waals surface area contributed by atoms with Crippen LogP contribution in [0, 0.1) is 0 Å². The molecule has 0 aromatic heterocycles. The topological polar surface area (TPSA) is 21.3 Å². The molecule has 1 aliphatic heterocycles. The molecule has 2 aromatic carbocycles. The fraction of sp³-hybridized carbons (Fsp3) is 0.200. The molecule has 1 N–H and O–H groups in total. The first-order chi connectivity index (χ1) is 8.81. The van der Waals surface area contributed by atoms with Crippen LogP contribution in [-0.4, -0.2) is 6.54 Å². The predicted molar refractivity (Wildman–Crippen MR) is 74.4 cm³/mol. The SMILES string of the molecule is Clc1cccc(OCc2ccc3c(c2)NCC3)c1. The molecule has 3 rings (SSSR count). The van der Waals surface area contributed by atoms with Crippen molar-refractivity contribution in [1.29, 1.82) is 0 Å². The third-order valence-corrected chi connectivity index (χ3v) is 3.32. The normalized spacial score (nSPS) is 12.9. The Morgan fingerprint density at radius 1 is 1.17 bits per heavy atom. The molecule has 0 atom stereocenters. The number of benzene rings is 2. The molecule has 1 heterocycles. The second-order valence-electron chi connectivity index (χ2n) is 4.41. The summed E-state index contributed by atoms with van der Waals surface area (Å²) in [5.41, 5.74) is 3.80. The van der Waals surface area contributed by atoms with Gasteiger partial charge in [-0.2, -0.15) is 0 Å². The maximum absolute atomic E-state index is 5.91. The van der Waals surface area contributed by atoms with E-state index in [2.05, 4.69) is 23.5 Å². The van der Waals surface area contributed by atoms with Crippen molar-refractivity contribution in [2.75, 3.05) is 11.9 Å². The fourth-order valence-electron chi connectivity index (χ4n) is 2.15. The van der Waals surface area contributed by atoms with Crippen LogP contribution in [0.15, 0.2) is 42.5 Å². The molecule has 3 heteroatoms. The Balaban J connectivity index is 1.70. The minimum atomic E-state index is 0.565. The summed E-state index contributed by atoms with van der Waals surface area (Å²) >= 11 is 5.91. The average molecular weight is 260 g/mol. The molecule has 0 spiro atoms. The number of rotatable bonds is 3. The van der Waals surface area contributed by atoms with Crippen molar-refractivity contribution in [2.24, 2.45) is 0 Å². The van der Waals surface area contributed by atoms with Crippen molar-refractivity contribution in [2.45, 2.75) is 13.0 Å². The van der Waals surface area contributed by atoms with Gasteiger partial charge in [-0.1, -0.05) is 29.8 Å². The van der Waals surface area contributed by atoms with E-state index in [-0.39, 0.29) is 0 Å². The number of hydrogen-bond acceptors (Lipinski definition) is 2. The van der Waals surface area contributed by atoms with E-state index in [9.17, 15) is 0 Å². The maximum atomic E-state index is 5.91. The molecule has 0 radical (unpaired) electrons. The molecule has 0 saturated heterocycles. The van der Waals surface area contributed by atoms with Gasteiger partial charge in [0.05, 0.1) is 0 Å². The van der Waals surface area contributed by atoms with Gasteiger partial charge in [-0.3, -0.25) is 0 Å².